The topological polar surface area (TPSA) is 9.23 Å². The second kappa shape index (κ2) is 9.95. The Kier molecular flexibility index (Phi) is 7.60. The molecule has 0 aromatic heterocycles. The van der Waals surface area contributed by atoms with Gasteiger partial charge in [-0.2, -0.15) is 8.78 Å². The number of hydrogen-bond acceptors (Lipinski definition) is 1. The summed E-state index contributed by atoms with van der Waals surface area (Å²) in [5, 5.41) is 0. The van der Waals surface area contributed by atoms with E-state index in [2.05, 4.69) is 11.7 Å². The van der Waals surface area contributed by atoms with Crippen molar-refractivity contribution in [3.05, 3.63) is 41.7 Å². The zero-order chi connectivity index (χ0) is 20.1. The van der Waals surface area contributed by atoms with Gasteiger partial charge in [-0.1, -0.05) is 44.3 Å². The average molecular weight is 415 g/mol. The summed E-state index contributed by atoms with van der Waals surface area (Å²) in [6, 6.07) is 6.96. The highest BCUT2D eigenvalue weighted by Gasteiger charge is 2.32. The van der Waals surface area contributed by atoms with E-state index in [1.54, 1.807) is 0 Å². The Morgan fingerprint density at radius 2 is 1.57 bits per heavy atom. The Hall–Kier alpha value is -1.30. The molecule has 1 aromatic carbocycles. The van der Waals surface area contributed by atoms with Crippen LogP contribution in [0.3, 0.4) is 0 Å². The van der Waals surface area contributed by atoms with Crippen LogP contribution in [-0.4, -0.2) is 8.80 Å². The van der Waals surface area contributed by atoms with Crippen LogP contribution < -0.4 is 4.74 Å². The molecule has 1 aliphatic carbocycles. The molecule has 1 saturated carbocycles. The molecular formula is C22H30F4OSi. The van der Waals surface area contributed by atoms with Gasteiger partial charge in [0, 0.05) is 8.80 Å². The summed E-state index contributed by atoms with van der Waals surface area (Å²) in [5.41, 5.74) is 0.615. The van der Waals surface area contributed by atoms with E-state index >= 15 is 0 Å². The van der Waals surface area contributed by atoms with E-state index < -0.39 is 32.3 Å². The van der Waals surface area contributed by atoms with Gasteiger partial charge < -0.3 is 4.74 Å². The molecule has 0 radical (unpaired) electrons. The van der Waals surface area contributed by atoms with Gasteiger partial charge in [0.15, 0.2) is 23.6 Å². The maximum Gasteiger partial charge on any atom is 0.305 e. The van der Waals surface area contributed by atoms with Crippen molar-refractivity contribution in [1.29, 1.82) is 0 Å². The quantitative estimate of drug-likeness (QED) is 0.268. The zero-order valence-electron chi connectivity index (χ0n) is 16.5. The molecule has 28 heavy (non-hydrogen) atoms. The highest BCUT2D eigenvalue weighted by atomic mass is 28.3. The first kappa shape index (κ1) is 21.4. The van der Waals surface area contributed by atoms with E-state index in [1.165, 1.54) is 49.5 Å². The van der Waals surface area contributed by atoms with E-state index in [0.29, 0.717) is 5.56 Å². The van der Waals surface area contributed by atoms with Crippen molar-refractivity contribution in [1.82, 2.24) is 0 Å². The third-order valence-corrected chi connectivity index (χ3v) is 10.5. The summed E-state index contributed by atoms with van der Waals surface area (Å²) >= 11 is 0. The molecule has 0 atom stereocenters. The number of ether oxygens (including phenoxy) is 1. The molecule has 1 aromatic rings. The first-order valence-corrected chi connectivity index (χ1v) is 13.1. The van der Waals surface area contributed by atoms with E-state index in [4.69, 9.17) is 0 Å². The van der Waals surface area contributed by atoms with Gasteiger partial charge in [-0.25, -0.2) is 8.78 Å². The minimum absolute atomic E-state index is 0.0600. The highest BCUT2D eigenvalue weighted by Crippen LogP contribution is 2.44. The van der Waals surface area contributed by atoms with E-state index in [0.717, 1.165) is 37.5 Å². The van der Waals surface area contributed by atoms with E-state index in [9.17, 15) is 17.6 Å². The van der Waals surface area contributed by atoms with Gasteiger partial charge in [0.2, 0.25) is 0 Å². The van der Waals surface area contributed by atoms with Crippen LogP contribution in [0, 0.1) is 23.5 Å². The number of halogens is 4. The van der Waals surface area contributed by atoms with Crippen molar-refractivity contribution in [3.63, 3.8) is 0 Å². The molecular weight excluding hydrogens is 384 g/mol. The lowest BCUT2D eigenvalue weighted by Crippen LogP contribution is -2.28. The predicted octanol–water partition coefficient (Wildman–Crippen LogP) is 7.40. The fourth-order valence-corrected chi connectivity index (χ4v) is 8.79. The van der Waals surface area contributed by atoms with Crippen LogP contribution in [0.4, 0.5) is 17.6 Å². The van der Waals surface area contributed by atoms with E-state index in [1.807, 2.05) is 0 Å². The predicted molar refractivity (Wildman–Crippen MR) is 107 cm³/mol. The maximum absolute atomic E-state index is 14.1. The lowest BCUT2D eigenvalue weighted by atomic mass is 9.72. The molecule has 6 heteroatoms. The summed E-state index contributed by atoms with van der Waals surface area (Å²) in [4.78, 5) is 0. The normalized spacial score (nSPS) is 28.0. The molecule has 1 nitrogen and oxygen atoms in total. The Labute approximate surface area is 166 Å². The van der Waals surface area contributed by atoms with Crippen LogP contribution >= 0.6 is 0 Å². The molecule has 0 amide bonds. The molecule has 1 heterocycles. The Balaban J connectivity index is 1.56. The van der Waals surface area contributed by atoms with Crippen molar-refractivity contribution in [2.24, 2.45) is 11.8 Å². The third kappa shape index (κ3) is 5.40. The Morgan fingerprint density at radius 3 is 2.11 bits per heavy atom. The molecule has 0 unspecified atom stereocenters. The molecule has 1 saturated heterocycles. The summed E-state index contributed by atoms with van der Waals surface area (Å²) in [6.45, 7) is 2.29. The van der Waals surface area contributed by atoms with Crippen LogP contribution in [-0.2, 0) is 0 Å². The number of rotatable bonds is 6. The first-order chi connectivity index (χ1) is 13.5. The summed E-state index contributed by atoms with van der Waals surface area (Å²) in [5.74, 6) is -0.884. The second-order valence-corrected chi connectivity index (χ2v) is 12.0. The number of benzene rings is 1. The smallest absolute Gasteiger partial charge is 0.305 e. The molecule has 2 fully saturated rings. The van der Waals surface area contributed by atoms with Crippen molar-refractivity contribution < 1.29 is 22.3 Å². The van der Waals surface area contributed by atoms with Gasteiger partial charge in [-0.05, 0) is 61.1 Å². The highest BCUT2D eigenvalue weighted by molar-refractivity contribution is 6.58. The van der Waals surface area contributed by atoms with Crippen LogP contribution in [0.1, 0.15) is 63.4 Å². The summed E-state index contributed by atoms with van der Waals surface area (Å²) in [6.07, 6.45) is 6.16. The minimum Gasteiger partial charge on any atom is -0.453 e. The maximum atomic E-state index is 14.1. The van der Waals surface area contributed by atoms with Gasteiger partial charge in [-0.3, -0.25) is 0 Å². The monoisotopic (exact) mass is 414 g/mol. The Bertz CT molecular complexity index is 650. The molecule has 156 valence electrons. The average Bonchev–Trinajstić information content (AvgIpc) is 2.68. The van der Waals surface area contributed by atoms with Gasteiger partial charge in [0.25, 0.3) is 0 Å². The number of hydrogen-bond donors (Lipinski definition) is 0. The van der Waals surface area contributed by atoms with Gasteiger partial charge >= 0.3 is 6.08 Å². The molecule has 0 spiro atoms. The van der Waals surface area contributed by atoms with Crippen molar-refractivity contribution >= 4 is 8.80 Å². The lowest BCUT2D eigenvalue weighted by molar-refractivity contribution is 0.216. The van der Waals surface area contributed by atoms with Crippen molar-refractivity contribution in [2.45, 2.75) is 75.9 Å². The van der Waals surface area contributed by atoms with Crippen molar-refractivity contribution in [2.75, 3.05) is 0 Å². The first-order valence-electron chi connectivity index (χ1n) is 10.6. The second-order valence-electron chi connectivity index (χ2n) is 8.52. The standard InChI is InChI=1S/C22H30F4OSi/c1-2-9-28-10-7-17(8-11-28)15-3-5-16(6-4-15)18-12-19(23)22(20(24)13-18)27-14-21(25)26/h12-17,28H,2-11H2,1H3. The summed E-state index contributed by atoms with van der Waals surface area (Å²) in [7, 11) is -0.456. The SMILES string of the molecule is CCC[SiH]1CCC(C2CCC(c3cc(F)c(OC=C(F)F)c(F)c3)CC2)CC1. The molecule has 3 rings (SSSR count). The van der Waals surface area contributed by atoms with Crippen LogP contribution in [0.2, 0.25) is 18.1 Å². The van der Waals surface area contributed by atoms with Crippen molar-refractivity contribution in [3.8, 4) is 5.75 Å². The minimum atomic E-state index is -2.13. The molecule has 0 bridgehead atoms. The van der Waals surface area contributed by atoms with E-state index in [-0.39, 0.29) is 12.2 Å². The molecule has 1 aliphatic heterocycles. The largest absolute Gasteiger partial charge is 0.453 e. The summed E-state index contributed by atoms with van der Waals surface area (Å²) < 4.78 is 56.9. The third-order valence-electron chi connectivity index (χ3n) is 6.78. The van der Waals surface area contributed by atoms with Gasteiger partial charge in [-0.15, -0.1) is 0 Å². The molecule has 2 aliphatic rings. The van der Waals surface area contributed by atoms with Crippen LogP contribution in [0.15, 0.2) is 24.5 Å². The fourth-order valence-electron chi connectivity index (χ4n) is 5.31. The fraction of sp³-hybridized carbons (Fsp3) is 0.636. The van der Waals surface area contributed by atoms with Crippen LogP contribution in [0.25, 0.3) is 0 Å². The lowest BCUT2D eigenvalue weighted by Gasteiger charge is -2.37. The zero-order valence-corrected chi connectivity index (χ0v) is 17.7. The van der Waals surface area contributed by atoms with Gasteiger partial charge in [0.1, 0.15) is 0 Å². The Morgan fingerprint density at radius 1 is 1.00 bits per heavy atom. The molecule has 0 N–H and O–H groups in total. The van der Waals surface area contributed by atoms with Crippen LogP contribution in [0.5, 0.6) is 5.75 Å². The van der Waals surface area contributed by atoms with Gasteiger partial charge in [0.05, 0.1) is 0 Å².